The van der Waals surface area contributed by atoms with E-state index in [1.807, 2.05) is 24.3 Å². The van der Waals surface area contributed by atoms with Crippen molar-refractivity contribution in [2.24, 2.45) is 0 Å². The molecular formula is C13H10N2O2. The van der Waals surface area contributed by atoms with Crippen molar-refractivity contribution in [2.75, 3.05) is 7.11 Å². The fourth-order valence-electron chi connectivity index (χ4n) is 1.66. The number of pyridine rings is 1. The number of aromatic nitrogens is 2. The summed E-state index contributed by atoms with van der Waals surface area (Å²) in [5.74, 6) is 1.36. The topological polar surface area (TPSA) is 48.2 Å². The highest BCUT2D eigenvalue weighted by molar-refractivity contribution is 5.75. The van der Waals surface area contributed by atoms with Gasteiger partial charge in [0.1, 0.15) is 11.3 Å². The molecule has 3 rings (SSSR count). The summed E-state index contributed by atoms with van der Waals surface area (Å²) in [6.45, 7) is 0. The van der Waals surface area contributed by atoms with Crippen LogP contribution in [0.1, 0.15) is 0 Å². The van der Waals surface area contributed by atoms with Crippen LogP contribution in [-0.2, 0) is 0 Å². The normalized spacial score (nSPS) is 10.6. The van der Waals surface area contributed by atoms with Crippen LogP contribution in [0.4, 0.5) is 0 Å². The minimum absolute atomic E-state index is 0.576. The van der Waals surface area contributed by atoms with E-state index in [0.717, 1.165) is 22.4 Å². The van der Waals surface area contributed by atoms with Crippen molar-refractivity contribution < 1.29 is 9.15 Å². The van der Waals surface area contributed by atoms with Gasteiger partial charge in [-0.3, -0.25) is 4.98 Å². The maximum Gasteiger partial charge on any atom is 0.227 e. The molecule has 0 bridgehead atoms. The molecule has 0 aliphatic carbocycles. The van der Waals surface area contributed by atoms with Crippen molar-refractivity contribution in [1.29, 1.82) is 0 Å². The summed E-state index contributed by atoms with van der Waals surface area (Å²) in [4.78, 5) is 8.38. The van der Waals surface area contributed by atoms with Crippen LogP contribution in [0, 0.1) is 0 Å². The Kier molecular flexibility index (Phi) is 2.26. The maximum absolute atomic E-state index is 5.65. The lowest BCUT2D eigenvalue weighted by Gasteiger charge is -2.00. The highest BCUT2D eigenvalue weighted by Crippen LogP contribution is 2.26. The van der Waals surface area contributed by atoms with Crippen molar-refractivity contribution in [3.8, 4) is 17.2 Å². The SMILES string of the molecule is COc1cccc(-c2nc3cnccc3o2)c1. The first-order chi connectivity index (χ1) is 8.36. The van der Waals surface area contributed by atoms with Gasteiger partial charge >= 0.3 is 0 Å². The second-order valence-corrected chi connectivity index (χ2v) is 3.59. The van der Waals surface area contributed by atoms with Crippen LogP contribution in [0.5, 0.6) is 5.75 Å². The molecule has 0 radical (unpaired) electrons. The molecule has 0 unspecified atom stereocenters. The Morgan fingerprint density at radius 2 is 2.18 bits per heavy atom. The van der Waals surface area contributed by atoms with Crippen molar-refractivity contribution in [1.82, 2.24) is 9.97 Å². The predicted molar refractivity (Wildman–Crippen MR) is 63.8 cm³/mol. The molecule has 2 heterocycles. The number of ether oxygens (including phenoxy) is 1. The molecule has 3 aromatic rings. The largest absolute Gasteiger partial charge is 0.497 e. The van der Waals surface area contributed by atoms with E-state index in [4.69, 9.17) is 9.15 Å². The Bertz CT molecular complexity index is 628. The Balaban J connectivity index is 2.13. The van der Waals surface area contributed by atoms with Crippen molar-refractivity contribution in [3.05, 3.63) is 42.7 Å². The van der Waals surface area contributed by atoms with E-state index in [2.05, 4.69) is 9.97 Å². The van der Waals surface area contributed by atoms with Gasteiger partial charge in [0.15, 0.2) is 5.58 Å². The van der Waals surface area contributed by atoms with E-state index in [0.29, 0.717) is 5.89 Å². The highest BCUT2D eigenvalue weighted by atomic mass is 16.5. The zero-order valence-electron chi connectivity index (χ0n) is 9.25. The van der Waals surface area contributed by atoms with Crippen LogP contribution in [0.3, 0.4) is 0 Å². The molecule has 0 amide bonds. The van der Waals surface area contributed by atoms with Crippen LogP contribution in [-0.4, -0.2) is 17.1 Å². The van der Waals surface area contributed by atoms with Gasteiger partial charge in [-0.05, 0) is 18.2 Å². The standard InChI is InChI=1S/C13H10N2O2/c1-16-10-4-2-3-9(7-10)13-15-11-8-14-6-5-12(11)17-13/h2-8H,1H3. The number of methoxy groups -OCH3 is 1. The van der Waals surface area contributed by atoms with Gasteiger partial charge in [0.25, 0.3) is 0 Å². The number of nitrogens with zero attached hydrogens (tertiary/aromatic N) is 2. The lowest BCUT2D eigenvalue weighted by atomic mass is 10.2. The summed E-state index contributed by atoms with van der Waals surface area (Å²) in [6.07, 6.45) is 3.37. The number of hydrogen-bond acceptors (Lipinski definition) is 4. The Labute approximate surface area is 97.9 Å². The first-order valence-corrected chi connectivity index (χ1v) is 5.22. The minimum atomic E-state index is 0.576. The molecule has 1 aromatic carbocycles. The van der Waals surface area contributed by atoms with Gasteiger partial charge in [0.2, 0.25) is 5.89 Å². The second-order valence-electron chi connectivity index (χ2n) is 3.59. The van der Waals surface area contributed by atoms with E-state index in [-0.39, 0.29) is 0 Å². The molecular weight excluding hydrogens is 216 g/mol. The molecule has 0 aliphatic heterocycles. The molecule has 0 N–H and O–H groups in total. The van der Waals surface area contributed by atoms with Crippen molar-refractivity contribution in [3.63, 3.8) is 0 Å². The Morgan fingerprint density at radius 1 is 1.24 bits per heavy atom. The molecule has 0 fully saturated rings. The molecule has 17 heavy (non-hydrogen) atoms. The average molecular weight is 226 g/mol. The van der Waals surface area contributed by atoms with Gasteiger partial charge in [-0.15, -0.1) is 0 Å². The summed E-state index contributed by atoms with van der Waals surface area (Å²) in [7, 11) is 1.63. The van der Waals surface area contributed by atoms with Crippen molar-refractivity contribution >= 4 is 11.1 Å². The van der Waals surface area contributed by atoms with E-state index in [9.17, 15) is 0 Å². The molecule has 4 heteroatoms. The monoisotopic (exact) mass is 226 g/mol. The fraction of sp³-hybridized carbons (Fsp3) is 0.0769. The molecule has 0 aliphatic rings. The van der Waals surface area contributed by atoms with E-state index >= 15 is 0 Å². The maximum atomic E-state index is 5.65. The number of rotatable bonds is 2. The van der Waals surface area contributed by atoms with Crippen LogP contribution < -0.4 is 4.74 Å². The molecule has 0 spiro atoms. The van der Waals surface area contributed by atoms with Crippen molar-refractivity contribution in [2.45, 2.75) is 0 Å². The van der Waals surface area contributed by atoms with Crippen LogP contribution in [0.2, 0.25) is 0 Å². The van der Waals surface area contributed by atoms with Gasteiger partial charge in [-0.2, -0.15) is 0 Å². The summed E-state index contributed by atoms with van der Waals surface area (Å²) in [5, 5.41) is 0. The van der Waals surface area contributed by atoms with E-state index < -0.39 is 0 Å². The van der Waals surface area contributed by atoms with Gasteiger partial charge in [-0.1, -0.05) is 6.07 Å². The molecule has 0 atom stereocenters. The molecule has 0 saturated carbocycles. The van der Waals surface area contributed by atoms with E-state index in [1.165, 1.54) is 0 Å². The fourth-order valence-corrected chi connectivity index (χ4v) is 1.66. The third-order valence-electron chi connectivity index (χ3n) is 2.51. The lowest BCUT2D eigenvalue weighted by molar-refractivity contribution is 0.415. The van der Waals surface area contributed by atoms with Gasteiger partial charge in [0, 0.05) is 17.8 Å². The zero-order valence-corrected chi connectivity index (χ0v) is 9.25. The minimum Gasteiger partial charge on any atom is -0.497 e. The summed E-state index contributed by atoms with van der Waals surface area (Å²) in [5.41, 5.74) is 2.38. The number of benzene rings is 1. The van der Waals surface area contributed by atoms with E-state index in [1.54, 1.807) is 25.6 Å². The smallest absolute Gasteiger partial charge is 0.227 e. The van der Waals surface area contributed by atoms with Gasteiger partial charge in [-0.25, -0.2) is 4.98 Å². The summed E-state index contributed by atoms with van der Waals surface area (Å²) in [6, 6.07) is 9.40. The highest BCUT2D eigenvalue weighted by Gasteiger charge is 2.08. The Hall–Kier alpha value is -2.36. The summed E-state index contributed by atoms with van der Waals surface area (Å²) >= 11 is 0. The lowest BCUT2D eigenvalue weighted by Crippen LogP contribution is -1.83. The third kappa shape index (κ3) is 1.73. The number of fused-ring (bicyclic) bond motifs is 1. The quantitative estimate of drug-likeness (QED) is 0.674. The number of oxazole rings is 1. The first-order valence-electron chi connectivity index (χ1n) is 5.22. The third-order valence-corrected chi connectivity index (χ3v) is 2.51. The van der Waals surface area contributed by atoms with Gasteiger partial charge in [0.05, 0.1) is 13.3 Å². The van der Waals surface area contributed by atoms with Crippen LogP contribution in [0.25, 0.3) is 22.6 Å². The van der Waals surface area contributed by atoms with Crippen LogP contribution in [0.15, 0.2) is 47.1 Å². The Morgan fingerprint density at radius 3 is 3.00 bits per heavy atom. The molecule has 4 nitrogen and oxygen atoms in total. The van der Waals surface area contributed by atoms with Crippen LogP contribution >= 0.6 is 0 Å². The average Bonchev–Trinajstić information content (AvgIpc) is 2.82. The van der Waals surface area contributed by atoms with Gasteiger partial charge < -0.3 is 9.15 Å². The first kappa shape index (κ1) is 9.84. The predicted octanol–water partition coefficient (Wildman–Crippen LogP) is 2.90. The molecule has 84 valence electrons. The molecule has 0 saturated heterocycles. The summed E-state index contributed by atoms with van der Waals surface area (Å²) < 4.78 is 10.8. The number of hydrogen-bond donors (Lipinski definition) is 0. The molecule has 2 aromatic heterocycles. The second kappa shape index (κ2) is 3.90. The zero-order chi connectivity index (χ0) is 11.7.